The molecule has 5 heterocycles. The van der Waals surface area contributed by atoms with Gasteiger partial charge in [0.05, 0.1) is 37.0 Å². The maximum Gasteiger partial charge on any atom is 0.0628 e. The normalized spacial score (nSPS) is 58.5. The third-order valence-electron chi connectivity index (χ3n) is 13.9. The van der Waals surface area contributed by atoms with Crippen molar-refractivity contribution in [3.8, 4) is 0 Å². The molecule has 4 saturated carbocycles. The van der Waals surface area contributed by atoms with Crippen LogP contribution in [0.15, 0.2) is 0 Å². The first-order valence-electron chi connectivity index (χ1n) is 17.6. The van der Waals surface area contributed by atoms with E-state index in [1.807, 2.05) is 0 Å². The van der Waals surface area contributed by atoms with Crippen molar-refractivity contribution in [1.82, 2.24) is 37.2 Å². The van der Waals surface area contributed by atoms with Crippen LogP contribution in [0.1, 0.15) is 103 Å². The fourth-order valence-corrected chi connectivity index (χ4v) is 12.3. The number of nitrogens with one attached hydrogen (secondary N) is 7. The van der Waals surface area contributed by atoms with Crippen molar-refractivity contribution in [2.24, 2.45) is 47.3 Å². The Morgan fingerprint density at radius 2 is 0.436 bits per heavy atom. The Morgan fingerprint density at radius 1 is 0.231 bits per heavy atom. The van der Waals surface area contributed by atoms with Crippen LogP contribution in [0.5, 0.6) is 0 Å². The van der Waals surface area contributed by atoms with Crippen LogP contribution < -0.4 is 37.2 Å². The maximum atomic E-state index is 4.34. The van der Waals surface area contributed by atoms with Crippen LogP contribution in [-0.4, -0.2) is 49.1 Å². The zero-order chi connectivity index (χ0) is 25.5. The molecule has 0 amide bonds. The van der Waals surface area contributed by atoms with E-state index in [0.717, 1.165) is 47.3 Å². The highest BCUT2D eigenvalue weighted by atomic mass is 15.4. The molecule has 16 atom stereocenters. The van der Waals surface area contributed by atoms with Crippen molar-refractivity contribution in [1.29, 1.82) is 0 Å². The van der Waals surface area contributed by atoms with Gasteiger partial charge in [-0.25, -0.2) is 0 Å². The van der Waals surface area contributed by atoms with E-state index in [9.17, 15) is 0 Å². The second-order valence-corrected chi connectivity index (χ2v) is 15.5. The SMILES string of the molecule is C1CCC2C3NC(NC4NC(NC5NC(C6CCCCC56)C5NC(N3)C3CCCCC35)C3CCCCC43)C2C1. The van der Waals surface area contributed by atoms with E-state index in [1.165, 1.54) is 103 Å². The summed E-state index contributed by atoms with van der Waals surface area (Å²) in [6.07, 6.45) is 25.3. The summed E-state index contributed by atoms with van der Waals surface area (Å²) in [4.78, 5) is 0. The minimum absolute atomic E-state index is 0.438. The maximum absolute atomic E-state index is 4.34. The molecule has 5 saturated heterocycles. The zero-order valence-corrected chi connectivity index (χ0v) is 24.1. The summed E-state index contributed by atoms with van der Waals surface area (Å²) in [5.74, 6) is 6.31. The lowest BCUT2D eigenvalue weighted by Gasteiger charge is -2.36. The molecule has 9 fully saturated rings. The average molecular weight is 538 g/mol. The van der Waals surface area contributed by atoms with Gasteiger partial charge >= 0.3 is 0 Å². The molecule has 0 aromatic carbocycles. The van der Waals surface area contributed by atoms with E-state index in [-0.39, 0.29) is 0 Å². The van der Waals surface area contributed by atoms with Crippen LogP contribution in [0.4, 0.5) is 0 Å². The lowest BCUT2D eigenvalue weighted by Crippen LogP contribution is -2.59. The van der Waals surface area contributed by atoms with Crippen molar-refractivity contribution >= 4 is 0 Å². The average Bonchev–Trinajstić information content (AvgIpc) is 3.72. The van der Waals surface area contributed by atoms with Crippen molar-refractivity contribution in [3.05, 3.63) is 0 Å². The number of hydrogen-bond acceptors (Lipinski definition) is 7. The van der Waals surface area contributed by atoms with Crippen molar-refractivity contribution in [2.75, 3.05) is 0 Å². The summed E-state index contributed by atoms with van der Waals surface area (Å²) in [6.45, 7) is 0. The molecule has 0 radical (unpaired) electrons. The minimum Gasteiger partial charge on any atom is -0.297 e. The second-order valence-electron chi connectivity index (χ2n) is 15.5. The summed E-state index contributed by atoms with van der Waals surface area (Å²) in [5, 5.41) is 30.0. The van der Waals surface area contributed by atoms with Gasteiger partial charge in [0, 0.05) is 12.1 Å². The van der Waals surface area contributed by atoms with Gasteiger partial charge in [0.1, 0.15) is 0 Å². The quantitative estimate of drug-likeness (QED) is 0.256. The predicted octanol–water partition coefficient (Wildman–Crippen LogP) is 3.10. The molecule has 7 N–H and O–H groups in total. The van der Waals surface area contributed by atoms with Gasteiger partial charge in [-0.05, 0) is 98.7 Å². The summed E-state index contributed by atoms with van der Waals surface area (Å²) >= 11 is 0. The van der Waals surface area contributed by atoms with E-state index in [4.69, 9.17) is 0 Å². The van der Waals surface area contributed by atoms with Crippen LogP contribution in [0.3, 0.4) is 0 Å². The first-order valence-corrected chi connectivity index (χ1v) is 17.6. The molecule has 8 bridgehead atoms. The molecule has 4 aliphatic carbocycles. The predicted molar refractivity (Wildman–Crippen MR) is 154 cm³/mol. The Balaban J connectivity index is 1.08. The van der Waals surface area contributed by atoms with Gasteiger partial charge in [-0.15, -0.1) is 0 Å². The fourth-order valence-electron chi connectivity index (χ4n) is 12.3. The summed E-state index contributed by atoms with van der Waals surface area (Å²) < 4.78 is 0. The molecular formula is C32H55N7. The Morgan fingerprint density at radius 3 is 0.718 bits per heavy atom. The Kier molecular flexibility index (Phi) is 6.58. The molecule has 0 aromatic rings. The number of fused-ring (bicyclic) bond motifs is 21. The highest BCUT2D eigenvalue weighted by Gasteiger charge is 2.56. The first kappa shape index (κ1) is 25.2. The summed E-state index contributed by atoms with van der Waals surface area (Å²) in [7, 11) is 0. The topological polar surface area (TPSA) is 84.2 Å². The van der Waals surface area contributed by atoms with E-state index in [2.05, 4.69) is 37.2 Å². The van der Waals surface area contributed by atoms with Crippen LogP contribution in [0, 0.1) is 47.3 Å². The van der Waals surface area contributed by atoms with Crippen molar-refractivity contribution in [3.63, 3.8) is 0 Å². The lowest BCUT2D eigenvalue weighted by molar-refractivity contribution is 0.172. The highest BCUT2D eigenvalue weighted by Crippen LogP contribution is 2.48. The number of rotatable bonds is 0. The lowest BCUT2D eigenvalue weighted by atomic mass is 9.70. The molecule has 0 spiro atoms. The minimum atomic E-state index is 0.438. The van der Waals surface area contributed by atoms with E-state index < -0.39 is 0 Å². The molecule has 16 unspecified atom stereocenters. The van der Waals surface area contributed by atoms with Gasteiger partial charge in [0.15, 0.2) is 0 Å². The first-order chi connectivity index (χ1) is 19.3. The molecule has 39 heavy (non-hydrogen) atoms. The van der Waals surface area contributed by atoms with Crippen LogP contribution >= 0.6 is 0 Å². The Bertz CT molecular complexity index is 830. The van der Waals surface area contributed by atoms with Crippen LogP contribution in [-0.2, 0) is 0 Å². The van der Waals surface area contributed by atoms with E-state index >= 15 is 0 Å². The zero-order valence-electron chi connectivity index (χ0n) is 24.1. The van der Waals surface area contributed by atoms with Crippen molar-refractivity contribution in [2.45, 2.75) is 152 Å². The van der Waals surface area contributed by atoms with Gasteiger partial charge in [0.2, 0.25) is 0 Å². The molecular weight excluding hydrogens is 482 g/mol. The number of hydrogen-bond donors (Lipinski definition) is 7. The standard InChI is InChI=1S/C32H55N7/c1-3-11-19-17(9-1)25-26-18-10-2-4-12-20(18)28(34-26)36-30-22-14-6-8-16-24(22)32(38-30)39-31-23-15-7-5-13-21(23)29(37-31)35-27(19)33-25/h17-39H,1-16H2. The second kappa shape index (κ2) is 10.2. The Labute approximate surface area is 236 Å². The molecule has 218 valence electrons. The van der Waals surface area contributed by atoms with Gasteiger partial charge in [-0.2, -0.15) is 0 Å². The fraction of sp³-hybridized carbons (Fsp3) is 1.00. The van der Waals surface area contributed by atoms with Gasteiger partial charge in [-0.1, -0.05) is 51.4 Å². The van der Waals surface area contributed by atoms with Gasteiger partial charge in [0.25, 0.3) is 0 Å². The molecule has 7 nitrogen and oxygen atoms in total. The highest BCUT2D eigenvalue weighted by molar-refractivity contribution is 5.12. The van der Waals surface area contributed by atoms with Crippen LogP contribution in [0.25, 0.3) is 0 Å². The summed E-state index contributed by atoms with van der Waals surface area (Å²) in [6, 6.07) is 1.25. The van der Waals surface area contributed by atoms with Crippen LogP contribution in [0.2, 0.25) is 0 Å². The summed E-state index contributed by atoms with van der Waals surface area (Å²) in [5.41, 5.74) is 0. The molecule has 9 rings (SSSR count). The molecule has 5 aliphatic heterocycles. The molecule has 7 heteroatoms. The molecule has 9 aliphatic rings. The largest absolute Gasteiger partial charge is 0.297 e. The van der Waals surface area contributed by atoms with Gasteiger partial charge < -0.3 is 0 Å². The Hall–Kier alpha value is -0.280. The monoisotopic (exact) mass is 537 g/mol. The smallest absolute Gasteiger partial charge is 0.0628 e. The third kappa shape index (κ3) is 4.15. The molecule has 0 aromatic heterocycles. The van der Waals surface area contributed by atoms with Gasteiger partial charge in [-0.3, -0.25) is 37.2 Å². The van der Waals surface area contributed by atoms with E-state index in [0.29, 0.717) is 49.1 Å². The van der Waals surface area contributed by atoms with E-state index in [1.54, 1.807) is 0 Å². The van der Waals surface area contributed by atoms with Crippen molar-refractivity contribution < 1.29 is 0 Å². The third-order valence-corrected chi connectivity index (χ3v) is 13.9.